The summed E-state index contributed by atoms with van der Waals surface area (Å²) in [6.45, 7) is 0.925. The van der Waals surface area contributed by atoms with Crippen LogP contribution in [-0.4, -0.2) is 36.6 Å². The average molecular weight is 380 g/mol. The van der Waals surface area contributed by atoms with E-state index in [9.17, 15) is 4.39 Å². The normalized spacial score (nSPS) is 22.8. The fourth-order valence-electron chi connectivity index (χ4n) is 4.81. The number of H-pyrrole nitrogens is 1. The van der Waals surface area contributed by atoms with Crippen molar-refractivity contribution < 1.29 is 4.39 Å². The second-order valence-electron chi connectivity index (χ2n) is 8.27. The zero-order valence-electron chi connectivity index (χ0n) is 16.8. The van der Waals surface area contributed by atoms with Gasteiger partial charge in [0.25, 0.3) is 0 Å². The van der Waals surface area contributed by atoms with Gasteiger partial charge in [-0.3, -0.25) is 4.90 Å². The summed E-state index contributed by atoms with van der Waals surface area (Å²) < 4.78 is 13.6. The smallest absolute Gasteiger partial charge is 0.123 e. The predicted octanol–water partition coefficient (Wildman–Crippen LogP) is 4.84. The van der Waals surface area contributed by atoms with Gasteiger partial charge in [-0.1, -0.05) is 30.3 Å². The Morgan fingerprint density at radius 1 is 1.11 bits per heavy atom. The molecule has 3 aromatic rings. The number of benzene rings is 2. The molecule has 0 amide bonds. The van der Waals surface area contributed by atoms with Gasteiger partial charge in [0.05, 0.1) is 0 Å². The maximum Gasteiger partial charge on any atom is 0.123 e. The molecule has 28 heavy (non-hydrogen) atoms. The molecule has 3 nitrogen and oxygen atoms in total. The highest BCUT2D eigenvalue weighted by molar-refractivity contribution is 5.83. The Balaban J connectivity index is 1.35. The molecule has 0 bridgehead atoms. The first-order valence-corrected chi connectivity index (χ1v) is 10.3. The molecule has 1 aliphatic rings. The molecule has 1 saturated carbocycles. The van der Waals surface area contributed by atoms with Gasteiger partial charge in [0.1, 0.15) is 5.82 Å². The zero-order valence-corrected chi connectivity index (χ0v) is 16.8. The van der Waals surface area contributed by atoms with Gasteiger partial charge in [0.15, 0.2) is 0 Å². The van der Waals surface area contributed by atoms with Gasteiger partial charge in [-0.05, 0) is 82.1 Å². The summed E-state index contributed by atoms with van der Waals surface area (Å²) in [6.07, 6.45) is 7.61. The Kier molecular flexibility index (Phi) is 5.51. The van der Waals surface area contributed by atoms with Gasteiger partial charge in [-0.25, -0.2) is 4.39 Å². The van der Waals surface area contributed by atoms with E-state index in [2.05, 4.69) is 59.6 Å². The molecular weight excluding hydrogens is 349 g/mol. The standard InChI is InChI=1S/C24H30FN3/c1-28(2)24(19-6-4-3-5-7-19)13-10-21(11-14-24)26-15-12-18-17-27-23-9-8-20(25)16-22(18)23/h3-9,16-17,21,26-27H,10-15H2,1-2H3. The highest BCUT2D eigenvalue weighted by Gasteiger charge is 2.38. The van der Waals surface area contributed by atoms with Crippen LogP contribution in [-0.2, 0) is 12.0 Å². The maximum atomic E-state index is 13.6. The molecule has 0 aliphatic heterocycles. The van der Waals surface area contributed by atoms with E-state index in [1.54, 1.807) is 6.07 Å². The van der Waals surface area contributed by atoms with E-state index in [0.29, 0.717) is 6.04 Å². The topological polar surface area (TPSA) is 31.1 Å². The van der Waals surface area contributed by atoms with Crippen molar-refractivity contribution in [2.24, 2.45) is 0 Å². The van der Waals surface area contributed by atoms with Crippen LogP contribution in [0, 0.1) is 5.82 Å². The van der Waals surface area contributed by atoms with E-state index in [0.717, 1.165) is 23.9 Å². The molecule has 0 unspecified atom stereocenters. The van der Waals surface area contributed by atoms with Crippen LogP contribution in [0.4, 0.5) is 4.39 Å². The number of fused-ring (bicyclic) bond motifs is 1. The summed E-state index contributed by atoms with van der Waals surface area (Å²) in [5, 5.41) is 4.74. The lowest BCUT2D eigenvalue weighted by molar-refractivity contribution is 0.0858. The summed E-state index contributed by atoms with van der Waals surface area (Å²) in [5.41, 5.74) is 3.77. The van der Waals surface area contributed by atoms with Gasteiger partial charge in [0, 0.05) is 28.7 Å². The minimum atomic E-state index is -0.172. The highest BCUT2D eigenvalue weighted by atomic mass is 19.1. The number of halogens is 1. The average Bonchev–Trinajstić information content (AvgIpc) is 3.11. The first-order chi connectivity index (χ1) is 13.6. The molecule has 4 rings (SSSR count). The molecule has 148 valence electrons. The number of rotatable bonds is 6. The summed E-state index contributed by atoms with van der Waals surface area (Å²) in [7, 11) is 4.41. The van der Waals surface area contributed by atoms with Gasteiger partial charge < -0.3 is 10.3 Å². The van der Waals surface area contributed by atoms with E-state index < -0.39 is 0 Å². The summed E-state index contributed by atoms with van der Waals surface area (Å²) in [6, 6.07) is 16.4. The molecule has 0 radical (unpaired) electrons. The van der Waals surface area contributed by atoms with Crippen LogP contribution in [0.15, 0.2) is 54.7 Å². The van der Waals surface area contributed by atoms with Crippen molar-refractivity contribution in [1.82, 2.24) is 15.2 Å². The molecule has 0 atom stereocenters. The maximum absolute atomic E-state index is 13.6. The van der Waals surface area contributed by atoms with Crippen molar-refractivity contribution >= 4 is 10.9 Å². The predicted molar refractivity (Wildman–Crippen MR) is 114 cm³/mol. The van der Waals surface area contributed by atoms with Crippen LogP contribution in [0.5, 0.6) is 0 Å². The Labute approximate surface area is 166 Å². The third-order valence-corrected chi connectivity index (χ3v) is 6.54. The molecule has 4 heteroatoms. The molecule has 2 aromatic carbocycles. The fraction of sp³-hybridized carbons (Fsp3) is 0.417. The molecule has 1 heterocycles. The first-order valence-electron chi connectivity index (χ1n) is 10.3. The van der Waals surface area contributed by atoms with E-state index >= 15 is 0 Å². The summed E-state index contributed by atoms with van der Waals surface area (Å²) in [5.74, 6) is -0.172. The third kappa shape index (κ3) is 3.71. The van der Waals surface area contributed by atoms with Crippen LogP contribution < -0.4 is 5.32 Å². The number of hydrogen-bond acceptors (Lipinski definition) is 2. The summed E-state index contributed by atoms with van der Waals surface area (Å²) in [4.78, 5) is 5.65. The van der Waals surface area contributed by atoms with Gasteiger partial charge in [0.2, 0.25) is 0 Å². The summed E-state index contributed by atoms with van der Waals surface area (Å²) >= 11 is 0. The lowest BCUT2D eigenvalue weighted by atomic mass is 9.74. The molecule has 1 aromatic heterocycles. The second kappa shape index (κ2) is 8.06. The fourth-order valence-corrected chi connectivity index (χ4v) is 4.81. The quantitative estimate of drug-likeness (QED) is 0.642. The van der Waals surface area contributed by atoms with Crippen molar-refractivity contribution in [3.05, 3.63) is 71.7 Å². The van der Waals surface area contributed by atoms with Gasteiger partial charge in [-0.2, -0.15) is 0 Å². The molecule has 2 N–H and O–H groups in total. The van der Waals surface area contributed by atoms with Crippen molar-refractivity contribution in [3.8, 4) is 0 Å². The monoisotopic (exact) mass is 379 g/mol. The Morgan fingerprint density at radius 3 is 2.57 bits per heavy atom. The number of aromatic amines is 1. The number of nitrogens with zero attached hydrogens (tertiary/aromatic N) is 1. The lowest BCUT2D eigenvalue weighted by Crippen LogP contribution is -2.48. The minimum absolute atomic E-state index is 0.147. The number of nitrogens with one attached hydrogen (secondary N) is 2. The number of hydrogen-bond donors (Lipinski definition) is 2. The van der Waals surface area contributed by atoms with Crippen LogP contribution in [0.2, 0.25) is 0 Å². The lowest BCUT2D eigenvalue weighted by Gasteiger charge is -2.45. The second-order valence-corrected chi connectivity index (χ2v) is 8.27. The molecule has 1 aliphatic carbocycles. The molecule has 0 spiro atoms. The molecule has 1 fully saturated rings. The van der Waals surface area contributed by atoms with E-state index in [1.807, 2.05) is 12.3 Å². The van der Waals surface area contributed by atoms with E-state index in [-0.39, 0.29) is 11.4 Å². The van der Waals surface area contributed by atoms with E-state index in [4.69, 9.17) is 0 Å². The zero-order chi connectivity index (χ0) is 19.6. The molecule has 0 saturated heterocycles. The van der Waals surface area contributed by atoms with Crippen LogP contribution in [0.1, 0.15) is 36.8 Å². The Hall–Kier alpha value is -2.17. The third-order valence-electron chi connectivity index (χ3n) is 6.54. The van der Waals surface area contributed by atoms with Crippen LogP contribution in [0.25, 0.3) is 10.9 Å². The van der Waals surface area contributed by atoms with Crippen molar-refractivity contribution in [1.29, 1.82) is 0 Å². The minimum Gasteiger partial charge on any atom is -0.361 e. The first kappa shape index (κ1) is 19.2. The number of aromatic nitrogens is 1. The van der Waals surface area contributed by atoms with E-state index in [1.165, 1.54) is 42.9 Å². The van der Waals surface area contributed by atoms with Crippen LogP contribution >= 0.6 is 0 Å². The highest BCUT2D eigenvalue weighted by Crippen LogP contribution is 2.41. The Morgan fingerprint density at radius 2 is 1.86 bits per heavy atom. The SMILES string of the molecule is CN(C)C1(c2ccccc2)CCC(NCCc2c[nH]c3ccc(F)cc23)CC1. The van der Waals surface area contributed by atoms with Crippen molar-refractivity contribution in [3.63, 3.8) is 0 Å². The van der Waals surface area contributed by atoms with Gasteiger partial charge >= 0.3 is 0 Å². The van der Waals surface area contributed by atoms with Crippen LogP contribution in [0.3, 0.4) is 0 Å². The molecular formula is C24H30FN3. The van der Waals surface area contributed by atoms with Crippen molar-refractivity contribution in [2.45, 2.75) is 43.7 Å². The van der Waals surface area contributed by atoms with Crippen molar-refractivity contribution in [2.75, 3.05) is 20.6 Å². The Bertz CT molecular complexity index is 908. The van der Waals surface area contributed by atoms with Gasteiger partial charge in [-0.15, -0.1) is 0 Å². The largest absolute Gasteiger partial charge is 0.361 e.